The minimum Gasteiger partial charge on any atom is -0.368 e. The average molecular weight is 409 g/mol. The zero-order chi connectivity index (χ0) is 20.6. The molecule has 0 bridgehead atoms. The highest BCUT2D eigenvalue weighted by Crippen LogP contribution is 2.33. The van der Waals surface area contributed by atoms with E-state index in [4.69, 9.17) is 0 Å². The van der Waals surface area contributed by atoms with E-state index in [9.17, 15) is 22.8 Å². The lowest BCUT2D eigenvalue weighted by Gasteiger charge is -2.37. The van der Waals surface area contributed by atoms with Gasteiger partial charge < -0.3 is 14.7 Å². The molecule has 0 N–H and O–H groups in total. The van der Waals surface area contributed by atoms with Gasteiger partial charge in [-0.1, -0.05) is 18.9 Å². The summed E-state index contributed by atoms with van der Waals surface area (Å²) in [4.78, 5) is 30.8. The Bertz CT molecular complexity index is 769. The molecule has 8 heteroatoms. The molecular formula is C21H26F3N3O2. The van der Waals surface area contributed by atoms with Crippen molar-refractivity contribution in [1.82, 2.24) is 9.80 Å². The highest BCUT2D eigenvalue weighted by Gasteiger charge is 2.40. The summed E-state index contributed by atoms with van der Waals surface area (Å²) in [5.41, 5.74) is -0.139. The number of benzene rings is 1. The van der Waals surface area contributed by atoms with Gasteiger partial charge in [-0.15, -0.1) is 0 Å². The highest BCUT2D eigenvalue weighted by molar-refractivity contribution is 5.89. The van der Waals surface area contributed by atoms with Crippen LogP contribution in [0.4, 0.5) is 18.9 Å². The van der Waals surface area contributed by atoms with E-state index in [0.29, 0.717) is 38.4 Å². The van der Waals surface area contributed by atoms with Crippen molar-refractivity contribution in [2.45, 2.75) is 44.3 Å². The molecule has 0 unspecified atom stereocenters. The third-order valence-electron chi connectivity index (χ3n) is 6.40. The summed E-state index contributed by atoms with van der Waals surface area (Å²) in [7, 11) is 0. The normalized spacial score (nSPS) is 23.9. The Labute approximate surface area is 168 Å². The molecule has 29 heavy (non-hydrogen) atoms. The maximum atomic E-state index is 12.9. The molecule has 0 radical (unpaired) electrons. The van der Waals surface area contributed by atoms with Crippen LogP contribution in [0.3, 0.4) is 0 Å². The summed E-state index contributed by atoms with van der Waals surface area (Å²) in [6.45, 7) is 2.41. The molecular weight excluding hydrogens is 383 g/mol. The lowest BCUT2D eigenvalue weighted by molar-refractivity contribution is -0.137. The molecule has 1 aromatic rings. The van der Waals surface area contributed by atoms with E-state index in [1.807, 2.05) is 9.80 Å². The lowest BCUT2D eigenvalue weighted by atomic mass is 10.1. The predicted molar refractivity (Wildman–Crippen MR) is 102 cm³/mol. The predicted octanol–water partition coefficient (Wildman–Crippen LogP) is 3.15. The molecule has 4 rings (SSSR count). The molecule has 1 saturated carbocycles. The summed E-state index contributed by atoms with van der Waals surface area (Å²) < 4.78 is 38.8. The fraction of sp³-hybridized carbons (Fsp3) is 0.619. The fourth-order valence-electron chi connectivity index (χ4n) is 4.79. The Balaban J connectivity index is 1.34. The van der Waals surface area contributed by atoms with Gasteiger partial charge in [-0.25, -0.2) is 0 Å². The second kappa shape index (κ2) is 7.88. The van der Waals surface area contributed by atoms with Crippen molar-refractivity contribution in [3.8, 4) is 0 Å². The fourth-order valence-corrected chi connectivity index (χ4v) is 4.79. The lowest BCUT2D eigenvalue weighted by Crippen LogP contribution is -2.50. The van der Waals surface area contributed by atoms with Crippen LogP contribution in [0.15, 0.2) is 24.3 Å². The number of hydrogen-bond donors (Lipinski definition) is 0. The maximum Gasteiger partial charge on any atom is 0.416 e. The van der Waals surface area contributed by atoms with E-state index in [-0.39, 0.29) is 30.2 Å². The van der Waals surface area contributed by atoms with Gasteiger partial charge in [0.1, 0.15) is 0 Å². The molecule has 3 fully saturated rings. The smallest absolute Gasteiger partial charge is 0.368 e. The van der Waals surface area contributed by atoms with Crippen LogP contribution in [0.2, 0.25) is 0 Å². The number of likely N-dealkylation sites (tertiary alicyclic amines) is 1. The Hall–Kier alpha value is -2.25. The van der Waals surface area contributed by atoms with E-state index in [1.54, 1.807) is 11.0 Å². The molecule has 2 amide bonds. The van der Waals surface area contributed by atoms with Crippen LogP contribution in [0.25, 0.3) is 0 Å². The zero-order valence-electron chi connectivity index (χ0n) is 16.3. The topological polar surface area (TPSA) is 43.9 Å². The third-order valence-corrected chi connectivity index (χ3v) is 6.40. The van der Waals surface area contributed by atoms with Gasteiger partial charge in [0, 0.05) is 50.9 Å². The third kappa shape index (κ3) is 4.21. The average Bonchev–Trinajstić information content (AvgIpc) is 3.36. The Morgan fingerprint density at radius 1 is 1.03 bits per heavy atom. The Morgan fingerprint density at radius 2 is 1.72 bits per heavy atom. The van der Waals surface area contributed by atoms with Gasteiger partial charge in [-0.05, 0) is 31.0 Å². The van der Waals surface area contributed by atoms with Crippen molar-refractivity contribution in [2.24, 2.45) is 5.92 Å². The van der Waals surface area contributed by atoms with Crippen LogP contribution in [0, 0.1) is 5.92 Å². The second-order valence-electron chi connectivity index (χ2n) is 8.25. The Kier molecular flexibility index (Phi) is 5.44. The molecule has 1 atom stereocenters. The summed E-state index contributed by atoms with van der Waals surface area (Å²) in [6.07, 6.45) is 0.261. The standard InChI is InChI=1S/C21H26F3N3O2/c22-21(23,24)16-4-3-7-18(13-16)25-8-10-26(11-9-25)20(29)15-12-19(28)27(14-15)17-5-1-2-6-17/h3-4,7,13,15,17H,1-2,5-6,8-12,14H2/t15-/m0/s1. The number of rotatable bonds is 3. The van der Waals surface area contributed by atoms with E-state index < -0.39 is 11.7 Å². The Morgan fingerprint density at radius 3 is 2.38 bits per heavy atom. The molecule has 0 spiro atoms. The van der Waals surface area contributed by atoms with Crippen LogP contribution in [0.1, 0.15) is 37.7 Å². The summed E-state index contributed by atoms with van der Waals surface area (Å²) >= 11 is 0. The van der Waals surface area contributed by atoms with Gasteiger partial charge in [0.25, 0.3) is 0 Å². The van der Waals surface area contributed by atoms with Crippen molar-refractivity contribution in [1.29, 1.82) is 0 Å². The van der Waals surface area contributed by atoms with E-state index in [0.717, 1.165) is 37.8 Å². The molecule has 5 nitrogen and oxygen atoms in total. The largest absolute Gasteiger partial charge is 0.416 e. The monoisotopic (exact) mass is 409 g/mol. The zero-order valence-corrected chi connectivity index (χ0v) is 16.3. The first kappa shape index (κ1) is 20.0. The molecule has 3 aliphatic rings. The van der Waals surface area contributed by atoms with E-state index in [2.05, 4.69) is 0 Å². The van der Waals surface area contributed by atoms with Gasteiger partial charge in [-0.2, -0.15) is 13.2 Å². The van der Waals surface area contributed by atoms with Crippen LogP contribution >= 0.6 is 0 Å². The minimum atomic E-state index is -4.37. The summed E-state index contributed by atoms with van der Waals surface area (Å²) in [5, 5.41) is 0. The van der Waals surface area contributed by atoms with Gasteiger partial charge in [0.15, 0.2) is 0 Å². The van der Waals surface area contributed by atoms with Crippen molar-refractivity contribution in [3.63, 3.8) is 0 Å². The number of amides is 2. The highest BCUT2D eigenvalue weighted by atomic mass is 19.4. The van der Waals surface area contributed by atoms with Crippen LogP contribution < -0.4 is 4.90 Å². The SMILES string of the molecule is O=C([C@H]1CC(=O)N(C2CCCC2)C1)N1CCN(c2cccc(C(F)(F)F)c2)CC1. The van der Waals surface area contributed by atoms with Gasteiger partial charge in [0.05, 0.1) is 11.5 Å². The number of carbonyl (C=O) groups is 2. The number of hydrogen-bond acceptors (Lipinski definition) is 3. The number of anilines is 1. The first-order valence-corrected chi connectivity index (χ1v) is 10.3. The molecule has 2 heterocycles. The van der Waals surface area contributed by atoms with Crippen molar-refractivity contribution in [3.05, 3.63) is 29.8 Å². The molecule has 2 saturated heterocycles. The number of carbonyl (C=O) groups excluding carboxylic acids is 2. The van der Waals surface area contributed by atoms with Gasteiger partial charge >= 0.3 is 6.18 Å². The van der Waals surface area contributed by atoms with Crippen molar-refractivity contribution < 1.29 is 22.8 Å². The first-order valence-electron chi connectivity index (χ1n) is 10.3. The number of piperazine rings is 1. The summed E-state index contributed by atoms with van der Waals surface area (Å²) in [5.74, 6) is -0.205. The van der Waals surface area contributed by atoms with Crippen LogP contribution in [0.5, 0.6) is 0 Å². The van der Waals surface area contributed by atoms with Gasteiger partial charge in [0.2, 0.25) is 11.8 Å². The number of halogens is 3. The van der Waals surface area contributed by atoms with E-state index >= 15 is 0 Å². The number of alkyl halides is 3. The van der Waals surface area contributed by atoms with Gasteiger partial charge in [-0.3, -0.25) is 9.59 Å². The van der Waals surface area contributed by atoms with Crippen LogP contribution in [-0.4, -0.2) is 60.4 Å². The molecule has 0 aromatic heterocycles. The molecule has 2 aliphatic heterocycles. The molecule has 1 aromatic carbocycles. The minimum absolute atomic E-state index is 0.00235. The van der Waals surface area contributed by atoms with Crippen molar-refractivity contribution >= 4 is 17.5 Å². The summed E-state index contributed by atoms with van der Waals surface area (Å²) in [6, 6.07) is 5.60. The quantitative estimate of drug-likeness (QED) is 0.771. The number of nitrogens with zero attached hydrogens (tertiary/aromatic N) is 3. The molecule has 158 valence electrons. The van der Waals surface area contributed by atoms with Crippen LogP contribution in [-0.2, 0) is 15.8 Å². The van der Waals surface area contributed by atoms with Crippen molar-refractivity contribution in [2.75, 3.05) is 37.6 Å². The first-order chi connectivity index (χ1) is 13.8. The second-order valence-corrected chi connectivity index (χ2v) is 8.25. The molecule has 1 aliphatic carbocycles. The van der Waals surface area contributed by atoms with E-state index in [1.165, 1.54) is 6.07 Å². The maximum absolute atomic E-state index is 12.9.